The number of aromatic amines is 1. The van der Waals surface area contributed by atoms with E-state index in [1.54, 1.807) is 0 Å². The molecule has 2 aromatic rings. The molecule has 30 heavy (non-hydrogen) atoms. The predicted molar refractivity (Wildman–Crippen MR) is 120 cm³/mol. The van der Waals surface area contributed by atoms with Crippen LogP contribution in [0.25, 0.3) is 28.1 Å². The first kappa shape index (κ1) is 20.0. The van der Waals surface area contributed by atoms with Gasteiger partial charge in [0.05, 0.1) is 11.0 Å². The number of benzene rings is 2. The van der Waals surface area contributed by atoms with Crippen molar-refractivity contribution in [1.29, 1.82) is 0 Å². The van der Waals surface area contributed by atoms with Crippen molar-refractivity contribution < 1.29 is 0 Å². The molecule has 0 aromatic heterocycles. The number of aryl methyl sites for hydroxylation is 2. The van der Waals surface area contributed by atoms with Crippen molar-refractivity contribution in [2.24, 2.45) is 0 Å². The highest BCUT2D eigenvalue weighted by atomic mass is 35.5. The highest BCUT2D eigenvalue weighted by molar-refractivity contribution is 6.30. The summed E-state index contributed by atoms with van der Waals surface area (Å²) in [4.78, 5) is 35.1. The van der Waals surface area contributed by atoms with E-state index in [0.717, 1.165) is 29.5 Å². The molecule has 0 bridgehead atoms. The van der Waals surface area contributed by atoms with Crippen LogP contribution in [0.2, 0.25) is 5.02 Å². The van der Waals surface area contributed by atoms with Crippen LogP contribution in [0.3, 0.4) is 0 Å². The molecule has 0 spiro atoms. The van der Waals surface area contributed by atoms with Gasteiger partial charge in [-0.25, -0.2) is 9.78 Å². The Morgan fingerprint density at radius 1 is 1.13 bits per heavy atom. The topological polar surface area (TPSA) is 80.6 Å². The minimum atomic E-state index is -0.665. The van der Waals surface area contributed by atoms with Gasteiger partial charge in [0.2, 0.25) is 0 Å². The lowest BCUT2D eigenvalue weighted by molar-refractivity contribution is 0.649. The van der Waals surface area contributed by atoms with Gasteiger partial charge in [-0.3, -0.25) is 9.78 Å². The minimum Gasteiger partial charge on any atom is -0.322 e. The molecule has 0 radical (unpaired) electrons. The summed E-state index contributed by atoms with van der Waals surface area (Å²) in [6, 6.07) is 13.7. The lowest BCUT2D eigenvalue weighted by Crippen LogP contribution is -2.29. The fraction of sp³-hybridized carbons (Fsp3) is 0.217. The Hall–Kier alpha value is -3.25. The van der Waals surface area contributed by atoms with Gasteiger partial charge in [-0.2, -0.15) is 4.98 Å². The SMILES string of the molecule is C/C=C(/C)c1ccc2c(c1)nc1c(=O)[nH]c(=O)nc-1n2CCCc1ccc(Cl)cc1. The molecule has 152 valence electrons. The van der Waals surface area contributed by atoms with Crippen molar-refractivity contribution in [2.45, 2.75) is 33.2 Å². The Labute approximate surface area is 178 Å². The first-order chi connectivity index (χ1) is 14.5. The predicted octanol–water partition coefficient (Wildman–Crippen LogP) is 4.29. The summed E-state index contributed by atoms with van der Waals surface area (Å²) >= 11 is 5.96. The number of hydrogen-bond acceptors (Lipinski definition) is 4. The Bertz CT molecular complexity index is 1340. The van der Waals surface area contributed by atoms with Crippen LogP contribution < -0.4 is 11.2 Å². The van der Waals surface area contributed by atoms with Gasteiger partial charge in [0.15, 0.2) is 11.5 Å². The third-order valence-electron chi connectivity index (χ3n) is 5.26. The number of nitrogens with one attached hydrogen (secondary N) is 1. The second-order valence-electron chi connectivity index (χ2n) is 7.21. The monoisotopic (exact) mass is 420 g/mol. The maximum Gasteiger partial charge on any atom is 0.349 e. The third-order valence-corrected chi connectivity index (χ3v) is 5.51. The van der Waals surface area contributed by atoms with E-state index < -0.39 is 11.2 Å². The number of H-pyrrole nitrogens is 1. The second kappa shape index (κ2) is 8.24. The largest absolute Gasteiger partial charge is 0.349 e. The molecule has 6 nitrogen and oxygen atoms in total. The van der Waals surface area contributed by atoms with Gasteiger partial charge < -0.3 is 4.57 Å². The van der Waals surface area contributed by atoms with E-state index >= 15 is 0 Å². The van der Waals surface area contributed by atoms with Crippen LogP contribution in [0.4, 0.5) is 0 Å². The van der Waals surface area contributed by atoms with Crippen molar-refractivity contribution in [3.8, 4) is 11.5 Å². The summed E-state index contributed by atoms with van der Waals surface area (Å²) < 4.78 is 1.92. The lowest BCUT2D eigenvalue weighted by Gasteiger charge is -2.17. The summed E-state index contributed by atoms with van der Waals surface area (Å²) in [5.41, 5.74) is 3.84. The fourth-order valence-corrected chi connectivity index (χ4v) is 3.66. The van der Waals surface area contributed by atoms with Crippen molar-refractivity contribution in [3.63, 3.8) is 0 Å². The van der Waals surface area contributed by atoms with Crippen LogP contribution in [-0.2, 0) is 13.0 Å². The quantitative estimate of drug-likeness (QED) is 0.488. The Morgan fingerprint density at radius 2 is 1.90 bits per heavy atom. The van der Waals surface area contributed by atoms with E-state index in [1.165, 1.54) is 5.56 Å². The lowest BCUT2D eigenvalue weighted by atomic mass is 10.1. The number of nitrogens with zero attached hydrogens (tertiary/aromatic N) is 3. The number of hydrogen-bond donors (Lipinski definition) is 1. The third kappa shape index (κ3) is 3.91. The van der Waals surface area contributed by atoms with Crippen LogP contribution >= 0.6 is 11.6 Å². The van der Waals surface area contributed by atoms with E-state index in [0.29, 0.717) is 22.9 Å². The molecule has 0 amide bonds. The van der Waals surface area contributed by atoms with Crippen LogP contribution in [0.15, 0.2) is 58.1 Å². The molecule has 4 rings (SSSR count). The smallest absolute Gasteiger partial charge is 0.322 e. The van der Waals surface area contributed by atoms with E-state index in [2.05, 4.69) is 15.0 Å². The molecule has 0 aliphatic carbocycles. The van der Waals surface area contributed by atoms with Gasteiger partial charge in [-0.1, -0.05) is 35.9 Å². The highest BCUT2D eigenvalue weighted by Gasteiger charge is 2.18. The molecule has 2 aliphatic rings. The first-order valence-electron chi connectivity index (χ1n) is 9.78. The first-order valence-corrected chi connectivity index (χ1v) is 10.2. The van der Waals surface area contributed by atoms with Gasteiger partial charge >= 0.3 is 5.69 Å². The Morgan fingerprint density at radius 3 is 2.63 bits per heavy atom. The average molecular weight is 421 g/mol. The zero-order valence-electron chi connectivity index (χ0n) is 16.8. The van der Waals surface area contributed by atoms with Gasteiger partial charge in [-0.15, -0.1) is 0 Å². The molecule has 1 N–H and O–H groups in total. The molecule has 0 unspecified atom stereocenters. The standard InChI is InChI=1S/C23H21ClN4O2/c1-3-14(2)16-8-11-19-18(13-16)25-20-21(26-23(30)27-22(20)29)28(19)12-4-5-15-6-9-17(24)10-7-15/h3,6-11,13H,4-5,12H2,1-2H3,(H,27,29,30)/b14-3-. The van der Waals surface area contributed by atoms with Crippen molar-refractivity contribution in [1.82, 2.24) is 19.5 Å². The van der Waals surface area contributed by atoms with Crippen LogP contribution in [0.1, 0.15) is 31.4 Å². The Balaban J connectivity index is 1.80. The number of rotatable bonds is 5. The number of halogens is 1. The van der Waals surface area contributed by atoms with Gasteiger partial charge in [0, 0.05) is 11.6 Å². The maximum absolute atomic E-state index is 12.4. The summed E-state index contributed by atoms with van der Waals surface area (Å²) in [5.74, 6) is 0.308. The van der Waals surface area contributed by atoms with E-state index in [1.807, 2.05) is 67.0 Å². The number of aromatic nitrogens is 4. The fourth-order valence-electron chi connectivity index (χ4n) is 3.53. The zero-order valence-corrected chi connectivity index (χ0v) is 17.5. The van der Waals surface area contributed by atoms with Crippen molar-refractivity contribution >= 4 is 28.2 Å². The summed E-state index contributed by atoms with van der Waals surface area (Å²) in [5, 5.41) is 0.706. The van der Waals surface area contributed by atoms with E-state index in [4.69, 9.17) is 11.6 Å². The summed E-state index contributed by atoms with van der Waals surface area (Å²) in [6.45, 7) is 4.60. The number of fused-ring (bicyclic) bond motifs is 2. The van der Waals surface area contributed by atoms with Gasteiger partial charge in [-0.05, 0) is 67.7 Å². The summed E-state index contributed by atoms with van der Waals surface area (Å²) in [7, 11) is 0. The average Bonchev–Trinajstić information content (AvgIpc) is 2.74. The highest BCUT2D eigenvalue weighted by Crippen LogP contribution is 2.25. The zero-order chi connectivity index (χ0) is 21.3. The molecule has 2 aromatic carbocycles. The molecule has 0 atom stereocenters. The normalized spacial score (nSPS) is 12.0. The molecule has 0 saturated heterocycles. The molecule has 2 heterocycles. The van der Waals surface area contributed by atoms with Crippen LogP contribution in [-0.4, -0.2) is 19.5 Å². The van der Waals surface area contributed by atoms with E-state index in [9.17, 15) is 9.59 Å². The molecular weight excluding hydrogens is 400 g/mol. The maximum atomic E-state index is 12.4. The van der Waals surface area contributed by atoms with Crippen LogP contribution in [0.5, 0.6) is 0 Å². The Kier molecular flexibility index (Phi) is 5.50. The minimum absolute atomic E-state index is 0.170. The van der Waals surface area contributed by atoms with Gasteiger partial charge in [0.25, 0.3) is 5.56 Å². The molecular formula is C23H21ClN4O2. The van der Waals surface area contributed by atoms with Crippen molar-refractivity contribution in [3.05, 3.63) is 85.5 Å². The molecule has 0 fully saturated rings. The van der Waals surface area contributed by atoms with Crippen LogP contribution in [0, 0.1) is 0 Å². The van der Waals surface area contributed by atoms with E-state index in [-0.39, 0.29) is 5.69 Å². The molecule has 7 heteroatoms. The van der Waals surface area contributed by atoms with Gasteiger partial charge in [0.1, 0.15) is 0 Å². The number of allylic oxidation sites excluding steroid dienone is 2. The van der Waals surface area contributed by atoms with Crippen molar-refractivity contribution in [2.75, 3.05) is 0 Å². The summed E-state index contributed by atoms with van der Waals surface area (Å²) in [6.07, 6.45) is 3.66. The molecule has 2 aliphatic heterocycles. The molecule has 0 saturated carbocycles. The second-order valence-corrected chi connectivity index (χ2v) is 7.65.